The molecule has 146 valence electrons. The first-order valence-corrected chi connectivity index (χ1v) is 9.83. The number of likely N-dealkylation sites (tertiary alicyclic amines) is 1. The summed E-state index contributed by atoms with van der Waals surface area (Å²) in [5.41, 5.74) is 1.97. The summed E-state index contributed by atoms with van der Waals surface area (Å²) in [6.45, 7) is 4.58. The molecular weight excluding hydrogens is 361 g/mol. The monoisotopic (exact) mass is 383 g/mol. The number of hydrogen-bond donors (Lipinski definition) is 0. The van der Waals surface area contributed by atoms with E-state index in [0.29, 0.717) is 29.5 Å². The number of carbonyl (C=O) groups excluding carboxylic acids is 1. The minimum atomic E-state index is -0.308. The molecule has 28 heavy (non-hydrogen) atoms. The predicted octanol–water partition coefficient (Wildman–Crippen LogP) is 3.89. The number of Topliss-reactive ketones (excluding diaryl/α,β-unsaturated/α-hetero) is 1. The van der Waals surface area contributed by atoms with E-state index >= 15 is 0 Å². The van der Waals surface area contributed by atoms with Crippen molar-refractivity contribution in [1.82, 2.24) is 15.0 Å². The van der Waals surface area contributed by atoms with Gasteiger partial charge < -0.3 is 13.8 Å². The molecule has 1 unspecified atom stereocenters. The Balaban J connectivity index is 1.22. The fourth-order valence-electron chi connectivity index (χ4n) is 4.63. The molecule has 3 aromatic rings. The largest absolute Gasteiger partial charge is 0.445 e. The molecule has 0 N–H and O–H groups in total. The molecule has 0 saturated carbocycles. The zero-order valence-electron chi connectivity index (χ0n) is 15.8. The van der Waals surface area contributed by atoms with Gasteiger partial charge in [0.1, 0.15) is 17.3 Å². The van der Waals surface area contributed by atoms with Gasteiger partial charge in [-0.25, -0.2) is 9.37 Å². The molecule has 1 aromatic carbocycles. The van der Waals surface area contributed by atoms with E-state index in [-0.39, 0.29) is 17.5 Å². The SMILES string of the molecule is Cc1nc2c(o1)CC(CN1CCC(c3noc4cc(F)ccc34)CC1)CC2=O. The first-order valence-electron chi connectivity index (χ1n) is 9.83. The zero-order chi connectivity index (χ0) is 19.3. The van der Waals surface area contributed by atoms with Crippen LogP contribution >= 0.6 is 0 Å². The first-order chi connectivity index (χ1) is 13.6. The van der Waals surface area contributed by atoms with Crippen molar-refractivity contribution in [2.75, 3.05) is 19.6 Å². The molecule has 7 heteroatoms. The molecule has 0 radical (unpaired) electrons. The lowest BCUT2D eigenvalue weighted by Crippen LogP contribution is -2.38. The van der Waals surface area contributed by atoms with Crippen LogP contribution in [0.4, 0.5) is 4.39 Å². The van der Waals surface area contributed by atoms with Crippen LogP contribution in [0.25, 0.3) is 11.0 Å². The Kier molecular flexibility index (Phi) is 4.27. The molecular formula is C21H22FN3O3. The third-order valence-electron chi connectivity index (χ3n) is 5.97. The molecule has 1 aliphatic heterocycles. The number of nitrogens with zero attached hydrogens (tertiary/aromatic N) is 3. The summed E-state index contributed by atoms with van der Waals surface area (Å²) in [5, 5.41) is 5.12. The zero-order valence-corrected chi connectivity index (χ0v) is 15.8. The average Bonchev–Trinajstić information content (AvgIpc) is 3.25. The van der Waals surface area contributed by atoms with Crippen LogP contribution in [-0.2, 0) is 6.42 Å². The maximum absolute atomic E-state index is 13.4. The van der Waals surface area contributed by atoms with Crippen LogP contribution in [0, 0.1) is 18.7 Å². The van der Waals surface area contributed by atoms with E-state index < -0.39 is 0 Å². The second-order valence-electron chi connectivity index (χ2n) is 7.99. The number of piperidine rings is 1. The van der Waals surface area contributed by atoms with Crippen molar-refractivity contribution in [3.05, 3.63) is 47.1 Å². The van der Waals surface area contributed by atoms with Gasteiger partial charge in [0.25, 0.3) is 0 Å². The molecule has 1 fully saturated rings. The Hall–Kier alpha value is -2.54. The highest BCUT2D eigenvalue weighted by molar-refractivity contribution is 5.96. The molecule has 0 spiro atoms. The maximum Gasteiger partial charge on any atom is 0.191 e. The van der Waals surface area contributed by atoms with Crippen molar-refractivity contribution in [1.29, 1.82) is 0 Å². The van der Waals surface area contributed by atoms with Gasteiger partial charge in [-0.15, -0.1) is 0 Å². The van der Waals surface area contributed by atoms with Gasteiger partial charge in [-0.3, -0.25) is 4.79 Å². The van der Waals surface area contributed by atoms with Crippen molar-refractivity contribution < 1.29 is 18.1 Å². The summed E-state index contributed by atoms with van der Waals surface area (Å²) in [6.07, 6.45) is 3.28. The number of benzene rings is 1. The van der Waals surface area contributed by atoms with Crippen LogP contribution in [0.2, 0.25) is 0 Å². The van der Waals surface area contributed by atoms with Crippen LogP contribution in [0.5, 0.6) is 0 Å². The quantitative estimate of drug-likeness (QED) is 0.683. The summed E-state index contributed by atoms with van der Waals surface area (Å²) in [5.74, 6) is 1.70. The van der Waals surface area contributed by atoms with Crippen LogP contribution < -0.4 is 0 Å². The predicted molar refractivity (Wildman–Crippen MR) is 99.8 cm³/mol. The number of aryl methyl sites for hydroxylation is 1. The number of hydrogen-bond acceptors (Lipinski definition) is 6. The third kappa shape index (κ3) is 3.13. The van der Waals surface area contributed by atoms with E-state index in [1.807, 2.05) is 0 Å². The van der Waals surface area contributed by atoms with Crippen LogP contribution in [0.1, 0.15) is 53.0 Å². The van der Waals surface area contributed by atoms with Crippen LogP contribution in [0.3, 0.4) is 0 Å². The van der Waals surface area contributed by atoms with Crippen molar-refractivity contribution in [2.24, 2.45) is 5.92 Å². The number of ketones is 1. The Labute approximate surface area is 161 Å². The van der Waals surface area contributed by atoms with Crippen LogP contribution in [-0.4, -0.2) is 40.5 Å². The third-order valence-corrected chi connectivity index (χ3v) is 5.97. The number of halogens is 1. The Morgan fingerprint density at radius 1 is 1.25 bits per heavy atom. The molecule has 0 amide bonds. The standard InChI is InChI=1S/C21H22FN3O3/c1-12-23-21-17(26)8-13(9-19(21)27-12)11-25-6-4-14(5-7-25)20-16-3-2-15(22)10-18(16)28-24-20/h2-3,10,13-14H,4-9,11H2,1H3. The Bertz CT molecular complexity index is 1030. The molecule has 0 bridgehead atoms. The van der Waals surface area contributed by atoms with Gasteiger partial charge in [0.05, 0.1) is 5.69 Å². The Morgan fingerprint density at radius 2 is 2.07 bits per heavy atom. The number of fused-ring (bicyclic) bond motifs is 2. The van der Waals surface area contributed by atoms with Gasteiger partial charge in [-0.05, 0) is 44.0 Å². The summed E-state index contributed by atoms with van der Waals surface area (Å²) in [6, 6.07) is 4.60. The minimum absolute atomic E-state index is 0.0966. The second kappa shape index (κ2) is 6.81. The van der Waals surface area contributed by atoms with Gasteiger partial charge in [0.2, 0.25) is 0 Å². The molecule has 1 atom stereocenters. The maximum atomic E-state index is 13.4. The van der Waals surface area contributed by atoms with Crippen molar-refractivity contribution in [2.45, 2.75) is 38.5 Å². The molecule has 2 aromatic heterocycles. The van der Waals surface area contributed by atoms with E-state index in [0.717, 1.165) is 55.7 Å². The number of rotatable bonds is 3. The van der Waals surface area contributed by atoms with E-state index in [1.165, 1.54) is 12.1 Å². The van der Waals surface area contributed by atoms with Crippen molar-refractivity contribution in [3.8, 4) is 0 Å². The lowest BCUT2D eigenvalue weighted by Gasteiger charge is -2.34. The van der Waals surface area contributed by atoms with Gasteiger partial charge in [-0.1, -0.05) is 5.16 Å². The van der Waals surface area contributed by atoms with Gasteiger partial charge >= 0.3 is 0 Å². The second-order valence-corrected chi connectivity index (χ2v) is 7.99. The lowest BCUT2D eigenvalue weighted by molar-refractivity contribution is 0.0909. The molecule has 1 saturated heterocycles. The number of carbonyl (C=O) groups is 1. The van der Waals surface area contributed by atoms with Gasteiger partial charge in [0.15, 0.2) is 17.3 Å². The molecule has 5 rings (SSSR count). The molecule has 2 aliphatic rings. The fraction of sp³-hybridized carbons (Fsp3) is 0.476. The summed E-state index contributed by atoms with van der Waals surface area (Å²) < 4.78 is 24.3. The number of aromatic nitrogens is 2. The van der Waals surface area contributed by atoms with Crippen molar-refractivity contribution in [3.63, 3.8) is 0 Å². The van der Waals surface area contributed by atoms with Gasteiger partial charge in [-0.2, -0.15) is 0 Å². The molecule has 3 heterocycles. The average molecular weight is 383 g/mol. The summed E-state index contributed by atoms with van der Waals surface area (Å²) in [7, 11) is 0. The van der Waals surface area contributed by atoms with Gasteiger partial charge in [0, 0.05) is 43.7 Å². The summed E-state index contributed by atoms with van der Waals surface area (Å²) in [4.78, 5) is 19.0. The first kappa shape index (κ1) is 17.6. The highest BCUT2D eigenvalue weighted by Gasteiger charge is 2.32. The van der Waals surface area contributed by atoms with E-state index in [4.69, 9.17) is 8.94 Å². The normalized spacial score (nSPS) is 21.4. The Morgan fingerprint density at radius 3 is 2.89 bits per heavy atom. The topological polar surface area (TPSA) is 72.4 Å². The smallest absolute Gasteiger partial charge is 0.191 e. The number of oxazole rings is 1. The molecule has 6 nitrogen and oxygen atoms in total. The fourth-order valence-corrected chi connectivity index (χ4v) is 4.63. The summed E-state index contributed by atoms with van der Waals surface area (Å²) >= 11 is 0. The highest BCUT2D eigenvalue weighted by Crippen LogP contribution is 2.34. The van der Waals surface area contributed by atoms with E-state index in [9.17, 15) is 9.18 Å². The van der Waals surface area contributed by atoms with Crippen molar-refractivity contribution >= 4 is 16.8 Å². The lowest BCUT2D eigenvalue weighted by atomic mass is 9.87. The highest BCUT2D eigenvalue weighted by atomic mass is 19.1. The van der Waals surface area contributed by atoms with E-state index in [1.54, 1.807) is 13.0 Å². The molecule has 1 aliphatic carbocycles. The van der Waals surface area contributed by atoms with Crippen LogP contribution in [0.15, 0.2) is 27.1 Å². The minimum Gasteiger partial charge on any atom is -0.445 e. The van der Waals surface area contributed by atoms with E-state index in [2.05, 4.69) is 15.0 Å².